The Labute approximate surface area is 134 Å². The van der Waals surface area contributed by atoms with Gasteiger partial charge in [0, 0.05) is 18.2 Å². The van der Waals surface area contributed by atoms with Gasteiger partial charge in [0.2, 0.25) is 0 Å². The predicted octanol–water partition coefficient (Wildman–Crippen LogP) is 2.43. The summed E-state index contributed by atoms with van der Waals surface area (Å²) >= 11 is 0. The second-order valence-corrected chi connectivity index (χ2v) is 5.09. The topological polar surface area (TPSA) is 89.6 Å². The molecule has 2 aromatic rings. The molecule has 118 valence electrons. The van der Waals surface area contributed by atoms with E-state index in [0.29, 0.717) is 22.6 Å². The number of aliphatic carboxylic acids is 1. The summed E-state index contributed by atoms with van der Waals surface area (Å²) in [6.07, 6.45) is 1.18. The summed E-state index contributed by atoms with van der Waals surface area (Å²) in [5.74, 6) is 1.23. The van der Waals surface area contributed by atoms with Crippen LogP contribution in [0.5, 0.6) is 5.75 Å². The number of nitrogens with two attached hydrogens (primary N) is 1. The summed E-state index contributed by atoms with van der Waals surface area (Å²) in [6.45, 7) is 0. The Kier molecular flexibility index (Phi) is 4.84. The molecular formula is C18H17NO4. The third-order valence-electron chi connectivity index (χ3n) is 3.84. The van der Waals surface area contributed by atoms with Gasteiger partial charge in [-0.1, -0.05) is 24.3 Å². The Hall–Kier alpha value is -3.04. The molecule has 0 aromatic heterocycles. The third kappa shape index (κ3) is 3.10. The Bertz CT molecular complexity index is 731. The van der Waals surface area contributed by atoms with E-state index in [1.165, 1.54) is 13.2 Å². The number of rotatable bonds is 6. The molecule has 0 radical (unpaired) electrons. The molecule has 0 heterocycles. The molecule has 5 nitrogen and oxygen atoms in total. The van der Waals surface area contributed by atoms with Gasteiger partial charge < -0.3 is 15.6 Å². The normalized spacial score (nSPS) is 12.7. The average Bonchev–Trinajstić information content (AvgIpc) is 2.57. The lowest BCUT2D eigenvalue weighted by atomic mass is 9.72. The molecule has 0 saturated heterocycles. The zero-order valence-corrected chi connectivity index (χ0v) is 12.7. The Morgan fingerprint density at radius 2 is 1.70 bits per heavy atom. The van der Waals surface area contributed by atoms with Crippen LogP contribution >= 0.6 is 0 Å². The van der Waals surface area contributed by atoms with E-state index in [9.17, 15) is 14.7 Å². The molecule has 0 aliphatic rings. The van der Waals surface area contributed by atoms with Gasteiger partial charge in [-0.25, -0.2) is 4.79 Å². The first-order chi connectivity index (χ1) is 11.0. The van der Waals surface area contributed by atoms with Crippen LogP contribution in [0.3, 0.4) is 0 Å². The fraction of sp³-hybridized carbons (Fsp3) is 0.167. The Morgan fingerprint density at radius 1 is 1.17 bits per heavy atom. The van der Waals surface area contributed by atoms with Crippen LogP contribution in [0.1, 0.15) is 17.5 Å². The number of carbonyl (C=O) groups is 1. The van der Waals surface area contributed by atoms with Crippen molar-refractivity contribution in [2.24, 2.45) is 0 Å². The predicted molar refractivity (Wildman–Crippen MR) is 87.1 cm³/mol. The lowest BCUT2D eigenvalue weighted by Gasteiger charge is -2.29. The van der Waals surface area contributed by atoms with Gasteiger partial charge >= 0.3 is 5.97 Å². The number of carboxylic acid groups (broad SMARTS) is 1. The van der Waals surface area contributed by atoms with E-state index >= 15 is 0 Å². The molecular weight excluding hydrogens is 294 g/mol. The highest BCUT2D eigenvalue weighted by molar-refractivity contribution is 5.87. The summed E-state index contributed by atoms with van der Waals surface area (Å²) in [6, 6.07) is 13.3. The number of carboxylic acids is 1. The van der Waals surface area contributed by atoms with Gasteiger partial charge in [-0.3, -0.25) is 4.79 Å². The van der Waals surface area contributed by atoms with Crippen LogP contribution in [0.2, 0.25) is 0 Å². The molecule has 23 heavy (non-hydrogen) atoms. The van der Waals surface area contributed by atoms with Crippen LogP contribution in [0, 0.1) is 0 Å². The van der Waals surface area contributed by atoms with Crippen molar-refractivity contribution in [3.63, 3.8) is 0 Å². The first-order valence-corrected chi connectivity index (χ1v) is 6.98. The monoisotopic (exact) mass is 311 g/mol. The molecule has 1 unspecified atom stereocenters. The standard InChI is InChI=1S/C18H17NO4/c1-23-16-9-5-14(6-10-16)18(17(21)22,11-2-12-20)13-3-7-15(19)8-4-13/h2-10H,11,19H2,1H3,(H,21,22). The van der Waals surface area contributed by atoms with Crippen molar-refractivity contribution in [3.8, 4) is 5.75 Å². The van der Waals surface area contributed by atoms with E-state index < -0.39 is 11.4 Å². The second kappa shape index (κ2) is 6.81. The van der Waals surface area contributed by atoms with Crippen LogP contribution < -0.4 is 10.5 Å². The van der Waals surface area contributed by atoms with E-state index in [4.69, 9.17) is 10.5 Å². The number of ether oxygens (including phenoxy) is 1. The van der Waals surface area contributed by atoms with Crippen LogP contribution in [-0.4, -0.2) is 24.1 Å². The molecule has 0 aliphatic carbocycles. The zero-order valence-electron chi connectivity index (χ0n) is 12.7. The van der Waals surface area contributed by atoms with Gasteiger partial charge in [0.05, 0.1) is 7.11 Å². The maximum absolute atomic E-state index is 12.2. The van der Waals surface area contributed by atoms with Crippen molar-refractivity contribution in [2.75, 3.05) is 12.8 Å². The minimum atomic E-state index is -1.39. The number of carbonyl (C=O) groups excluding carboxylic acids is 1. The number of benzene rings is 2. The lowest BCUT2D eigenvalue weighted by molar-refractivity contribution is -0.142. The van der Waals surface area contributed by atoms with Crippen LogP contribution in [0.4, 0.5) is 5.69 Å². The van der Waals surface area contributed by atoms with E-state index in [0.717, 1.165) is 0 Å². The van der Waals surface area contributed by atoms with Crippen molar-refractivity contribution >= 4 is 17.6 Å². The highest BCUT2D eigenvalue weighted by atomic mass is 16.5. The molecule has 0 amide bonds. The SMILES string of the molecule is COc1ccc(C(CC=C=O)(C(=O)O)c2ccc(N)cc2)cc1. The maximum atomic E-state index is 12.2. The number of nitrogen functional groups attached to an aromatic ring is 1. The van der Waals surface area contributed by atoms with E-state index in [2.05, 4.69) is 0 Å². The van der Waals surface area contributed by atoms with E-state index in [1.807, 2.05) is 0 Å². The molecule has 2 rings (SSSR count). The number of hydrogen-bond donors (Lipinski definition) is 2. The minimum Gasteiger partial charge on any atom is -0.497 e. The van der Waals surface area contributed by atoms with Crippen molar-refractivity contribution < 1.29 is 19.4 Å². The van der Waals surface area contributed by atoms with Gasteiger partial charge in [0.15, 0.2) is 0 Å². The van der Waals surface area contributed by atoms with Crippen LogP contribution in [0.25, 0.3) is 0 Å². The first-order valence-electron chi connectivity index (χ1n) is 6.98. The molecule has 2 aromatic carbocycles. The number of hydrogen-bond acceptors (Lipinski definition) is 4. The zero-order chi connectivity index (χ0) is 16.9. The molecule has 0 bridgehead atoms. The summed E-state index contributed by atoms with van der Waals surface area (Å²) in [5.41, 5.74) is 5.91. The molecule has 3 N–H and O–H groups in total. The van der Waals surface area contributed by atoms with Crippen LogP contribution in [0.15, 0.2) is 54.6 Å². The molecule has 0 aliphatic heterocycles. The van der Waals surface area contributed by atoms with Gasteiger partial charge in [-0.2, -0.15) is 0 Å². The quantitative estimate of drug-likeness (QED) is 0.631. The number of methoxy groups -OCH3 is 1. The van der Waals surface area contributed by atoms with Crippen molar-refractivity contribution in [2.45, 2.75) is 11.8 Å². The molecule has 5 heteroatoms. The largest absolute Gasteiger partial charge is 0.497 e. The van der Waals surface area contributed by atoms with E-state index in [-0.39, 0.29) is 6.42 Å². The van der Waals surface area contributed by atoms with Gasteiger partial charge in [-0.05, 0) is 35.4 Å². The van der Waals surface area contributed by atoms with Gasteiger partial charge in [0.1, 0.15) is 17.1 Å². The average molecular weight is 311 g/mol. The first kappa shape index (κ1) is 16.3. The summed E-state index contributed by atoms with van der Waals surface area (Å²) < 4.78 is 5.11. The highest BCUT2D eigenvalue weighted by Gasteiger charge is 2.41. The summed E-state index contributed by atoms with van der Waals surface area (Å²) in [7, 11) is 1.54. The summed E-state index contributed by atoms with van der Waals surface area (Å²) in [5, 5.41) is 9.94. The van der Waals surface area contributed by atoms with Crippen molar-refractivity contribution in [1.82, 2.24) is 0 Å². The molecule has 0 spiro atoms. The fourth-order valence-electron chi connectivity index (χ4n) is 2.57. The summed E-state index contributed by atoms with van der Waals surface area (Å²) in [4.78, 5) is 22.8. The number of allylic oxidation sites excluding steroid dienone is 1. The van der Waals surface area contributed by atoms with Gasteiger partial charge in [-0.15, -0.1) is 0 Å². The van der Waals surface area contributed by atoms with Crippen molar-refractivity contribution in [1.29, 1.82) is 0 Å². The third-order valence-corrected chi connectivity index (χ3v) is 3.84. The Morgan fingerprint density at radius 3 is 2.13 bits per heavy atom. The smallest absolute Gasteiger partial charge is 0.318 e. The second-order valence-electron chi connectivity index (χ2n) is 5.09. The van der Waals surface area contributed by atoms with E-state index in [1.54, 1.807) is 54.5 Å². The van der Waals surface area contributed by atoms with Gasteiger partial charge in [0.25, 0.3) is 0 Å². The van der Waals surface area contributed by atoms with Crippen LogP contribution in [-0.2, 0) is 15.0 Å². The number of anilines is 1. The van der Waals surface area contributed by atoms with Crippen molar-refractivity contribution in [3.05, 3.63) is 65.7 Å². The molecule has 1 atom stereocenters. The Balaban J connectivity index is 2.67. The maximum Gasteiger partial charge on any atom is 0.318 e. The fourth-order valence-corrected chi connectivity index (χ4v) is 2.57. The molecule has 0 saturated carbocycles. The highest BCUT2D eigenvalue weighted by Crippen LogP contribution is 2.37. The lowest BCUT2D eigenvalue weighted by Crippen LogP contribution is -2.36. The minimum absolute atomic E-state index is 0.0118. The molecule has 0 fully saturated rings.